The van der Waals surface area contributed by atoms with Gasteiger partial charge in [0.1, 0.15) is 12.9 Å². The highest BCUT2D eigenvalue weighted by Gasteiger charge is 2.18. The van der Waals surface area contributed by atoms with Gasteiger partial charge < -0.3 is 4.90 Å². The van der Waals surface area contributed by atoms with E-state index in [-0.39, 0.29) is 12.5 Å². The van der Waals surface area contributed by atoms with Crippen LogP contribution in [0.4, 0.5) is 0 Å². The Hall–Kier alpha value is -2.50. The van der Waals surface area contributed by atoms with E-state index in [1.54, 1.807) is 0 Å². The molecule has 0 aliphatic carbocycles. The van der Waals surface area contributed by atoms with Gasteiger partial charge in [-0.05, 0) is 28.0 Å². The largest absolute Gasteiger partial charge is 0.337 e. The van der Waals surface area contributed by atoms with Crippen LogP contribution in [0.15, 0.2) is 42.7 Å². The third-order valence-electron chi connectivity index (χ3n) is 3.40. The standard InChI is InChI=1S/C14H15N5O/c20-14(10-19-11-15-16-17-19)18-8-6-13(7-9-18)12-4-2-1-3-5-12/h1-6,11H,7-10H2. The number of nitrogens with zero attached hydrogens (tertiary/aromatic N) is 5. The molecule has 1 aliphatic heterocycles. The fourth-order valence-corrected chi connectivity index (χ4v) is 2.30. The smallest absolute Gasteiger partial charge is 0.244 e. The summed E-state index contributed by atoms with van der Waals surface area (Å²) in [4.78, 5) is 13.9. The molecule has 6 heteroatoms. The summed E-state index contributed by atoms with van der Waals surface area (Å²) in [5, 5.41) is 10.7. The quantitative estimate of drug-likeness (QED) is 0.833. The number of aromatic nitrogens is 4. The maximum absolute atomic E-state index is 12.1. The van der Waals surface area contributed by atoms with Crippen LogP contribution in [0, 0.1) is 0 Å². The van der Waals surface area contributed by atoms with E-state index >= 15 is 0 Å². The molecule has 20 heavy (non-hydrogen) atoms. The average molecular weight is 269 g/mol. The van der Waals surface area contributed by atoms with E-state index in [9.17, 15) is 4.79 Å². The minimum atomic E-state index is 0.0423. The zero-order chi connectivity index (χ0) is 13.8. The molecule has 0 atom stereocenters. The van der Waals surface area contributed by atoms with Gasteiger partial charge in [-0.15, -0.1) is 5.10 Å². The first-order chi connectivity index (χ1) is 9.83. The summed E-state index contributed by atoms with van der Waals surface area (Å²) >= 11 is 0. The molecule has 2 heterocycles. The number of rotatable bonds is 3. The topological polar surface area (TPSA) is 63.9 Å². The van der Waals surface area contributed by atoms with Crippen LogP contribution in [0.3, 0.4) is 0 Å². The van der Waals surface area contributed by atoms with Crippen molar-refractivity contribution >= 4 is 11.5 Å². The molecule has 6 nitrogen and oxygen atoms in total. The summed E-state index contributed by atoms with van der Waals surface area (Å²) < 4.78 is 1.44. The molecule has 0 N–H and O–H groups in total. The number of carbonyl (C=O) groups excluding carboxylic acids is 1. The van der Waals surface area contributed by atoms with Crippen LogP contribution in [-0.4, -0.2) is 44.1 Å². The van der Waals surface area contributed by atoms with Crippen molar-refractivity contribution in [3.05, 3.63) is 48.3 Å². The molecule has 0 unspecified atom stereocenters. The van der Waals surface area contributed by atoms with Crippen molar-refractivity contribution in [2.75, 3.05) is 13.1 Å². The number of hydrogen-bond acceptors (Lipinski definition) is 4. The van der Waals surface area contributed by atoms with Crippen molar-refractivity contribution in [1.29, 1.82) is 0 Å². The highest BCUT2D eigenvalue weighted by Crippen LogP contribution is 2.21. The predicted octanol–water partition coefficient (Wildman–Crippen LogP) is 0.989. The van der Waals surface area contributed by atoms with Gasteiger partial charge in [-0.1, -0.05) is 36.4 Å². The van der Waals surface area contributed by atoms with E-state index in [0.29, 0.717) is 6.54 Å². The van der Waals surface area contributed by atoms with Gasteiger partial charge in [-0.3, -0.25) is 4.79 Å². The molecule has 0 saturated carbocycles. The van der Waals surface area contributed by atoms with Crippen molar-refractivity contribution < 1.29 is 4.79 Å². The third-order valence-corrected chi connectivity index (χ3v) is 3.40. The molecule has 0 radical (unpaired) electrons. The van der Waals surface area contributed by atoms with Crippen molar-refractivity contribution in [1.82, 2.24) is 25.1 Å². The van der Waals surface area contributed by atoms with E-state index in [4.69, 9.17) is 0 Å². The maximum atomic E-state index is 12.1. The van der Waals surface area contributed by atoms with Gasteiger partial charge in [0.25, 0.3) is 0 Å². The molecule has 0 spiro atoms. The Morgan fingerprint density at radius 1 is 1.25 bits per heavy atom. The first-order valence-corrected chi connectivity index (χ1v) is 6.56. The van der Waals surface area contributed by atoms with E-state index in [0.717, 1.165) is 13.0 Å². The Labute approximate surface area is 116 Å². The number of tetrazole rings is 1. The van der Waals surface area contributed by atoms with Crippen LogP contribution in [0.2, 0.25) is 0 Å². The zero-order valence-corrected chi connectivity index (χ0v) is 11.0. The Bertz CT molecular complexity index is 606. The molecule has 0 saturated heterocycles. The summed E-state index contributed by atoms with van der Waals surface area (Å²) in [5.74, 6) is 0.0423. The van der Waals surface area contributed by atoms with Crippen LogP contribution >= 0.6 is 0 Å². The number of amides is 1. The van der Waals surface area contributed by atoms with Crippen molar-refractivity contribution in [3.8, 4) is 0 Å². The lowest BCUT2D eigenvalue weighted by atomic mass is 9.99. The molecule has 1 amide bonds. The molecule has 1 aromatic heterocycles. The van der Waals surface area contributed by atoms with E-state index < -0.39 is 0 Å². The highest BCUT2D eigenvalue weighted by atomic mass is 16.2. The Morgan fingerprint density at radius 2 is 2.10 bits per heavy atom. The molecule has 3 rings (SSSR count). The van der Waals surface area contributed by atoms with Gasteiger partial charge in [0, 0.05) is 13.1 Å². The van der Waals surface area contributed by atoms with E-state index in [1.807, 2.05) is 23.1 Å². The van der Waals surface area contributed by atoms with Crippen molar-refractivity contribution in [3.63, 3.8) is 0 Å². The second kappa shape index (κ2) is 5.64. The number of carbonyl (C=O) groups is 1. The van der Waals surface area contributed by atoms with Crippen molar-refractivity contribution in [2.24, 2.45) is 0 Å². The lowest BCUT2D eigenvalue weighted by Crippen LogP contribution is -2.37. The van der Waals surface area contributed by atoms with Crippen LogP contribution in [-0.2, 0) is 11.3 Å². The lowest BCUT2D eigenvalue weighted by molar-refractivity contribution is -0.131. The van der Waals surface area contributed by atoms with Crippen LogP contribution in [0.1, 0.15) is 12.0 Å². The Kier molecular flexibility index (Phi) is 3.54. The van der Waals surface area contributed by atoms with E-state index in [1.165, 1.54) is 22.1 Å². The van der Waals surface area contributed by atoms with Crippen LogP contribution < -0.4 is 0 Å². The lowest BCUT2D eigenvalue weighted by Gasteiger charge is -2.26. The first-order valence-electron chi connectivity index (χ1n) is 6.56. The molecule has 2 aromatic rings. The monoisotopic (exact) mass is 269 g/mol. The maximum Gasteiger partial charge on any atom is 0.244 e. The molecule has 1 aliphatic rings. The van der Waals surface area contributed by atoms with Gasteiger partial charge in [0.15, 0.2) is 0 Å². The molecular weight excluding hydrogens is 254 g/mol. The van der Waals surface area contributed by atoms with Crippen LogP contribution in [0.25, 0.3) is 5.57 Å². The highest BCUT2D eigenvalue weighted by molar-refractivity contribution is 5.78. The third kappa shape index (κ3) is 2.74. The summed E-state index contributed by atoms with van der Waals surface area (Å²) in [6.07, 6.45) is 4.45. The van der Waals surface area contributed by atoms with Gasteiger partial charge >= 0.3 is 0 Å². The van der Waals surface area contributed by atoms with Crippen molar-refractivity contribution in [2.45, 2.75) is 13.0 Å². The van der Waals surface area contributed by atoms with Gasteiger partial charge in [-0.25, -0.2) is 4.68 Å². The fourth-order valence-electron chi connectivity index (χ4n) is 2.30. The minimum absolute atomic E-state index is 0.0423. The second-order valence-corrected chi connectivity index (χ2v) is 4.69. The Morgan fingerprint density at radius 3 is 2.75 bits per heavy atom. The molecule has 0 fully saturated rings. The summed E-state index contributed by atoms with van der Waals surface area (Å²) in [5.41, 5.74) is 2.54. The molecular formula is C14H15N5O. The average Bonchev–Trinajstić information content (AvgIpc) is 3.01. The van der Waals surface area contributed by atoms with Gasteiger partial charge in [0.05, 0.1) is 0 Å². The number of hydrogen-bond donors (Lipinski definition) is 0. The number of benzene rings is 1. The van der Waals surface area contributed by atoms with Gasteiger partial charge in [-0.2, -0.15) is 0 Å². The summed E-state index contributed by atoms with van der Waals surface area (Å²) in [6.45, 7) is 1.58. The second-order valence-electron chi connectivity index (χ2n) is 4.69. The normalized spacial score (nSPS) is 15.0. The Balaban J connectivity index is 1.63. The van der Waals surface area contributed by atoms with E-state index in [2.05, 4.69) is 33.7 Å². The van der Waals surface area contributed by atoms with Gasteiger partial charge in [0.2, 0.25) is 5.91 Å². The molecule has 1 aromatic carbocycles. The SMILES string of the molecule is O=C(Cn1cnnn1)N1CC=C(c2ccccc2)CC1. The van der Waals surface area contributed by atoms with Crippen LogP contribution in [0.5, 0.6) is 0 Å². The minimum Gasteiger partial charge on any atom is -0.337 e. The molecule has 0 bridgehead atoms. The fraction of sp³-hybridized carbons (Fsp3) is 0.286. The molecule has 102 valence electrons. The predicted molar refractivity (Wildman–Crippen MR) is 73.4 cm³/mol. The summed E-state index contributed by atoms with van der Waals surface area (Å²) in [6, 6.07) is 10.3. The zero-order valence-electron chi connectivity index (χ0n) is 11.0. The first kappa shape index (κ1) is 12.5. The summed E-state index contributed by atoms with van der Waals surface area (Å²) in [7, 11) is 0.